The van der Waals surface area contributed by atoms with E-state index in [2.05, 4.69) is 30.9 Å². The minimum absolute atomic E-state index is 0.603. The molecule has 0 aromatic carbocycles. The molecule has 4 unspecified atom stereocenters. The molecule has 76 valence electrons. The molecule has 2 aliphatic heterocycles. The fraction of sp³-hybridized carbons (Fsp3) is 1.00. The molecule has 2 aliphatic rings. The van der Waals surface area contributed by atoms with E-state index in [-0.39, 0.29) is 0 Å². The Kier molecular flexibility index (Phi) is 3.17. The van der Waals surface area contributed by atoms with Crippen LogP contribution in [0.3, 0.4) is 0 Å². The zero-order valence-electron chi connectivity index (χ0n) is 8.45. The molecule has 0 radical (unpaired) electrons. The van der Waals surface area contributed by atoms with Gasteiger partial charge in [0.25, 0.3) is 0 Å². The van der Waals surface area contributed by atoms with Crippen molar-refractivity contribution in [2.24, 2.45) is 5.92 Å². The average Bonchev–Trinajstić information content (AvgIpc) is 2.65. The Balaban J connectivity index is 1.82. The molecule has 2 fully saturated rings. The van der Waals surface area contributed by atoms with Crippen LogP contribution in [-0.4, -0.2) is 36.3 Å². The molecule has 0 saturated carbocycles. The summed E-state index contributed by atoms with van der Waals surface area (Å²) in [6.07, 6.45) is 1.33. The van der Waals surface area contributed by atoms with Crippen molar-refractivity contribution in [3.05, 3.63) is 0 Å². The highest BCUT2D eigenvalue weighted by Crippen LogP contribution is 2.27. The topological polar surface area (TPSA) is 21.3 Å². The fourth-order valence-corrected chi connectivity index (χ4v) is 3.31. The second-order valence-electron chi connectivity index (χ2n) is 4.26. The summed E-state index contributed by atoms with van der Waals surface area (Å²) in [5, 5.41) is 4.52. The number of ether oxygens (including phenoxy) is 1. The number of rotatable bonds is 2. The second-order valence-corrected chi connectivity index (χ2v) is 5.74. The normalized spacial score (nSPS) is 45.7. The highest BCUT2D eigenvalue weighted by molar-refractivity contribution is 8.00. The lowest BCUT2D eigenvalue weighted by Gasteiger charge is -2.23. The Hall–Kier alpha value is 0.270. The zero-order valence-corrected chi connectivity index (χ0v) is 9.27. The molecule has 0 aromatic heterocycles. The van der Waals surface area contributed by atoms with Gasteiger partial charge in [0.05, 0.1) is 13.2 Å². The fourth-order valence-electron chi connectivity index (χ4n) is 2.10. The largest absolute Gasteiger partial charge is 0.379 e. The van der Waals surface area contributed by atoms with Gasteiger partial charge in [-0.15, -0.1) is 0 Å². The lowest BCUT2D eigenvalue weighted by molar-refractivity contribution is 0.183. The van der Waals surface area contributed by atoms with Gasteiger partial charge in [-0.2, -0.15) is 11.8 Å². The maximum atomic E-state index is 5.45. The Morgan fingerprint density at radius 1 is 1.23 bits per heavy atom. The summed E-state index contributed by atoms with van der Waals surface area (Å²) in [5.74, 6) is 2.01. The van der Waals surface area contributed by atoms with Gasteiger partial charge in [0.2, 0.25) is 0 Å². The van der Waals surface area contributed by atoms with Crippen LogP contribution in [0.4, 0.5) is 0 Å². The van der Waals surface area contributed by atoms with Gasteiger partial charge in [-0.3, -0.25) is 0 Å². The summed E-state index contributed by atoms with van der Waals surface area (Å²) >= 11 is 2.09. The summed E-state index contributed by atoms with van der Waals surface area (Å²) < 4.78 is 5.45. The predicted molar refractivity (Wildman–Crippen MR) is 57.2 cm³/mol. The summed E-state index contributed by atoms with van der Waals surface area (Å²) in [6, 6.07) is 1.32. The highest BCUT2D eigenvalue weighted by Gasteiger charge is 2.30. The van der Waals surface area contributed by atoms with Crippen molar-refractivity contribution in [1.82, 2.24) is 5.32 Å². The Morgan fingerprint density at radius 2 is 2.08 bits per heavy atom. The number of hydrogen-bond donors (Lipinski definition) is 1. The van der Waals surface area contributed by atoms with Gasteiger partial charge in [0, 0.05) is 17.3 Å². The SMILES string of the molecule is CC1COCC1NC1CCSC1C. The maximum Gasteiger partial charge on any atom is 0.0623 e. The Labute approximate surface area is 84.8 Å². The third kappa shape index (κ3) is 2.20. The molecule has 13 heavy (non-hydrogen) atoms. The summed E-state index contributed by atoms with van der Waals surface area (Å²) in [4.78, 5) is 0. The van der Waals surface area contributed by atoms with Crippen molar-refractivity contribution in [3.8, 4) is 0 Å². The molecule has 0 spiro atoms. The first-order valence-electron chi connectivity index (χ1n) is 5.23. The van der Waals surface area contributed by atoms with Gasteiger partial charge in [0.1, 0.15) is 0 Å². The van der Waals surface area contributed by atoms with Crippen LogP contribution in [0.2, 0.25) is 0 Å². The van der Waals surface area contributed by atoms with E-state index in [0.29, 0.717) is 12.0 Å². The summed E-state index contributed by atoms with van der Waals surface area (Å²) in [5.41, 5.74) is 0. The van der Waals surface area contributed by atoms with Crippen molar-refractivity contribution in [3.63, 3.8) is 0 Å². The molecule has 1 N–H and O–H groups in total. The van der Waals surface area contributed by atoms with Gasteiger partial charge in [-0.25, -0.2) is 0 Å². The van der Waals surface area contributed by atoms with Gasteiger partial charge >= 0.3 is 0 Å². The van der Waals surface area contributed by atoms with E-state index in [9.17, 15) is 0 Å². The van der Waals surface area contributed by atoms with Crippen LogP contribution in [0, 0.1) is 5.92 Å². The molecule has 0 aliphatic carbocycles. The zero-order chi connectivity index (χ0) is 9.26. The third-order valence-electron chi connectivity index (χ3n) is 3.17. The minimum Gasteiger partial charge on any atom is -0.379 e. The maximum absolute atomic E-state index is 5.45. The van der Waals surface area contributed by atoms with Crippen molar-refractivity contribution in [2.45, 2.75) is 37.6 Å². The molecule has 2 rings (SSSR count). The van der Waals surface area contributed by atoms with Gasteiger partial charge in [-0.05, 0) is 18.1 Å². The molecule has 2 nitrogen and oxygen atoms in total. The molecular weight excluding hydrogens is 182 g/mol. The minimum atomic E-state index is 0.603. The number of thioether (sulfide) groups is 1. The van der Waals surface area contributed by atoms with E-state index in [1.807, 2.05) is 0 Å². The lowest BCUT2D eigenvalue weighted by atomic mass is 10.0. The van der Waals surface area contributed by atoms with Crippen LogP contribution in [0.25, 0.3) is 0 Å². The molecule has 2 heterocycles. The molecule has 3 heteroatoms. The first kappa shape index (κ1) is 9.81. The summed E-state index contributed by atoms with van der Waals surface area (Å²) in [7, 11) is 0. The summed E-state index contributed by atoms with van der Waals surface area (Å²) in [6.45, 7) is 6.45. The van der Waals surface area contributed by atoms with E-state index in [4.69, 9.17) is 4.74 Å². The van der Waals surface area contributed by atoms with Crippen LogP contribution in [0.15, 0.2) is 0 Å². The van der Waals surface area contributed by atoms with E-state index in [1.165, 1.54) is 12.2 Å². The quantitative estimate of drug-likeness (QED) is 0.731. The van der Waals surface area contributed by atoms with Gasteiger partial charge in [0.15, 0.2) is 0 Å². The molecular formula is C10H19NOS. The number of hydrogen-bond acceptors (Lipinski definition) is 3. The first-order chi connectivity index (χ1) is 6.27. The molecule has 0 amide bonds. The van der Waals surface area contributed by atoms with Crippen molar-refractivity contribution < 1.29 is 4.74 Å². The van der Waals surface area contributed by atoms with Crippen LogP contribution >= 0.6 is 11.8 Å². The van der Waals surface area contributed by atoms with Gasteiger partial charge < -0.3 is 10.1 Å². The molecule has 4 atom stereocenters. The van der Waals surface area contributed by atoms with Crippen LogP contribution < -0.4 is 5.32 Å². The van der Waals surface area contributed by atoms with E-state index < -0.39 is 0 Å². The van der Waals surface area contributed by atoms with Crippen molar-refractivity contribution in [2.75, 3.05) is 19.0 Å². The Bertz CT molecular complexity index is 158. The third-order valence-corrected chi connectivity index (χ3v) is 4.50. The van der Waals surface area contributed by atoms with E-state index >= 15 is 0 Å². The van der Waals surface area contributed by atoms with Crippen molar-refractivity contribution >= 4 is 11.8 Å². The monoisotopic (exact) mass is 201 g/mol. The van der Waals surface area contributed by atoms with Crippen molar-refractivity contribution in [1.29, 1.82) is 0 Å². The highest BCUT2D eigenvalue weighted by atomic mass is 32.2. The molecule has 0 bridgehead atoms. The molecule has 2 saturated heterocycles. The van der Waals surface area contributed by atoms with E-state index in [1.54, 1.807) is 0 Å². The van der Waals surface area contributed by atoms with Crippen LogP contribution in [0.1, 0.15) is 20.3 Å². The average molecular weight is 201 g/mol. The van der Waals surface area contributed by atoms with Gasteiger partial charge in [-0.1, -0.05) is 13.8 Å². The smallest absolute Gasteiger partial charge is 0.0623 e. The van der Waals surface area contributed by atoms with E-state index in [0.717, 1.165) is 24.5 Å². The predicted octanol–water partition coefficient (Wildman–Crippen LogP) is 1.50. The second kappa shape index (κ2) is 4.20. The number of nitrogens with one attached hydrogen (secondary N) is 1. The first-order valence-corrected chi connectivity index (χ1v) is 6.27. The Morgan fingerprint density at radius 3 is 2.62 bits per heavy atom. The standard InChI is InChI=1S/C10H19NOS/c1-7-5-12-6-10(7)11-9-3-4-13-8(9)2/h7-11H,3-6H2,1-2H3. The van der Waals surface area contributed by atoms with Crippen LogP contribution in [0.5, 0.6) is 0 Å². The molecule has 0 aromatic rings. The van der Waals surface area contributed by atoms with Crippen LogP contribution in [-0.2, 0) is 4.74 Å². The lowest BCUT2D eigenvalue weighted by Crippen LogP contribution is -2.44.